The second-order valence-corrected chi connectivity index (χ2v) is 4.49. The summed E-state index contributed by atoms with van der Waals surface area (Å²) in [7, 11) is 3.36. The lowest BCUT2D eigenvalue weighted by Gasteiger charge is -2.17. The van der Waals surface area contributed by atoms with Gasteiger partial charge in [0.15, 0.2) is 0 Å². The van der Waals surface area contributed by atoms with Crippen LogP contribution in [0.2, 0.25) is 0 Å². The smallest absolute Gasteiger partial charge is 0.321 e. The van der Waals surface area contributed by atoms with Gasteiger partial charge in [-0.05, 0) is 34.7 Å². The summed E-state index contributed by atoms with van der Waals surface area (Å²) in [6, 6.07) is 7.54. The van der Waals surface area contributed by atoms with Crippen molar-refractivity contribution in [2.45, 2.75) is 0 Å². The van der Waals surface area contributed by atoms with E-state index in [4.69, 9.17) is 4.74 Å². The largest absolute Gasteiger partial charge is 0.383 e. The van der Waals surface area contributed by atoms with E-state index in [0.29, 0.717) is 13.2 Å². The van der Waals surface area contributed by atoms with Gasteiger partial charge in [-0.2, -0.15) is 0 Å². The summed E-state index contributed by atoms with van der Waals surface area (Å²) in [4.78, 5) is 13.3. The predicted molar refractivity (Wildman–Crippen MR) is 72.7 cm³/mol. The van der Waals surface area contributed by atoms with Crippen molar-refractivity contribution in [2.75, 3.05) is 32.6 Å². The first-order valence-electron chi connectivity index (χ1n) is 4.90. The fourth-order valence-electron chi connectivity index (χ4n) is 1.10. The summed E-state index contributed by atoms with van der Waals surface area (Å²) in [6.45, 7) is 1.11. The van der Waals surface area contributed by atoms with Crippen molar-refractivity contribution in [3.05, 3.63) is 27.8 Å². The Morgan fingerprint density at radius 2 is 2.19 bits per heavy atom. The molecule has 1 aromatic rings. The van der Waals surface area contributed by atoms with Gasteiger partial charge < -0.3 is 15.0 Å². The molecule has 1 aromatic carbocycles. The van der Waals surface area contributed by atoms with E-state index in [1.807, 2.05) is 24.3 Å². The highest BCUT2D eigenvalue weighted by molar-refractivity contribution is 14.1. The molecule has 0 saturated carbocycles. The normalized spacial score (nSPS) is 9.94. The van der Waals surface area contributed by atoms with E-state index in [2.05, 4.69) is 27.9 Å². The van der Waals surface area contributed by atoms with Crippen molar-refractivity contribution in [2.24, 2.45) is 0 Å². The minimum atomic E-state index is -0.124. The number of amides is 2. The third-order valence-corrected chi connectivity index (χ3v) is 3.03. The molecule has 0 heterocycles. The highest BCUT2D eigenvalue weighted by atomic mass is 127. The van der Waals surface area contributed by atoms with Gasteiger partial charge in [-0.3, -0.25) is 0 Å². The molecule has 0 aromatic heterocycles. The van der Waals surface area contributed by atoms with Gasteiger partial charge in [0.1, 0.15) is 0 Å². The van der Waals surface area contributed by atoms with Gasteiger partial charge in [-0.25, -0.2) is 4.79 Å². The maximum Gasteiger partial charge on any atom is 0.321 e. The minimum Gasteiger partial charge on any atom is -0.383 e. The van der Waals surface area contributed by atoms with E-state index >= 15 is 0 Å². The summed E-state index contributed by atoms with van der Waals surface area (Å²) in [5.41, 5.74) is 0.831. The lowest BCUT2D eigenvalue weighted by molar-refractivity contribution is 0.165. The Balaban J connectivity index is 2.54. The molecule has 0 bridgehead atoms. The van der Waals surface area contributed by atoms with Crippen molar-refractivity contribution in [1.82, 2.24) is 4.90 Å². The predicted octanol–water partition coefficient (Wildman–Crippen LogP) is 2.40. The number of methoxy groups -OCH3 is 1. The molecule has 4 nitrogen and oxygen atoms in total. The van der Waals surface area contributed by atoms with E-state index in [0.717, 1.165) is 9.26 Å². The van der Waals surface area contributed by atoms with Crippen LogP contribution in [0.15, 0.2) is 24.3 Å². The van der Waals surface area contributed by atoms with Crippen molar-refractivity contribution in [1.29, 1.82) is 0 Å². The van der Waals surface area contributed by atoms with Gasteiger partial charge in [0.25, 0.3) is 0 Å². The molecule has 0 aliphatic rings. The number of rotatable bonds is 4. The van der Waals surface area contributed by atoms with Crippen molar-refractivity contribution < 1.29 is 9.53 Å². The Morgan fingerprint density at radius 1 is 1.50 bits per heavy atom. The third-order valence-electron chi connectivity index (χ3n) is 2.09. The van der Waals surface area contributed by atoms with Crippen LogP contribution in [0, 0.1) is 3.57 Å². The summed E-state index contributed by atoms with van der Waals surface area (Å²) in [5.74, 6) is 0. The van der Waals surface area contributed by atoms with Crippen LogP contribution in [0.25, 0.3) is 0 Å². The SMILES string of the molecule is COCCN(C)C(=O)Nc1ccccc1I. The number of carbonyl (C=O) groups excluding carboxylic acids is 1. The van der Waals surface area contributed by atoms with Crippen LogP contribution in [-0.4, -0.2) is 38.2 Å². The molecule has 16 heavy (non-hydrogen) atoms. The Morgan fingerprint density at radius 3 is 2.81 bits per heavy atom. The van der Waals surface area contributed by atoms with E-state index in [9.17, 15) is 4.79 Å². The Labute approximate surface area is 109 Å². The molecule has 0 saturated heterocycles. The molecule has 0 radical (unpaired) electrons. The van der Waals surface area contributed by atoms with Gasteiger partial charge >= 0.3 is 6.03 Å². The standard InChI is InChI=1S/C11H15IN2O2/c1-14(7-8-16-2)11(15)13-10-6-4-3-5-9(10)12/h3-6H,7-8H2,1-2H3,(H,13,15). The lowest BCUT2D eigenvalue weighted by Crippen LogP contribution is -2.34. The highest BCUT2D eigenvalue weighted by Crippen LogP contribution is 2.17. The molecular formula is C11H15IN2O2. The van der Waals surface area contributed by atoms with Gasteiger partial charge in [0, 0.05) is 24.3 Å². The number of ether oxygens (including phenoxy) is 1. The fourth-order valence-corrected chi connectivity index (χ4v) is 1.63. The van der Waals surface area contributed by atoms with Crippen molar-refractivity contribution in [3.8, 4) is 0 Å². The number of halogens is 1. The molecule has 0 atom stereocenters. The Kier molecular flexibility index (Phi) is 5.54. The number of para-hydroxylation sites is 1. The summed E-state index contributed by atoms with van der Waals surface area (Å²) in [6.07, 6.45) is 0. The van der Waals surface area contributed by atoms with Crippen molar-refractivity contribution >= 4 is 34.3 Å². The number of carbonyl (C=O) groups is 1. The Hall–Kier alpha value is -0.820. The maximum absolute atomic E-state index is 11.7. The molecule has 88 valence electrons. The number of benzene rings is 1. The second-order valence-electron chi connectivity index (χ2n) is 3.32. The van der Waals surface area contributed by atoms with Crippen LogP contribution < -0.4 is 5.32 Å². The van der Waals surface area contributed by atoms with Crippen LogP contribution in [0.3, 0.4) is 0 Å². The summed E-state index contributed by atoms with van der Waals surface area (Å²) < 4.78 is 5.94. The first kappa shape index (κ1) is 13.2. The maximum atomic E-state index is 11.7. The summed E-state index contributed by atoms with van der Waals surface area (Å²) >= 11 is 2.19. The average molecular weight is 334 g/mol. The lowest BCUT2D eigenvalue weighted by atomic mass is 10.3. The fraction of sp³-hybridized carbons (Fsp3) is 0.364. The van der Waals surface area contributed by atoms with E-state index < -0.39 is 0 Å². The molecule has 0 unspecified atom stereocenters. The van der Waals surface area contributed by atoms with E-state index in [1.165, 1.54) is 0 Å². The van der Waals surface area contributed by atoms with Crippen LogP contribution in [0.1, 0.15) is 0 Å². The van der Waals surface area contributed by atoms with Crippen molar-refractivity contribution in [3.63, 3.8) is 0 Å². The van der Waals surface area contributed by atoms with Crippen LogP contribution in [-0.2, 0) is 4.74 Å². The number of hydrogen-bond donors (Lipinski definition) is 1. The van der Waals surface area contributed by atoms with Crippen LogP contribution in [0.4, 0.5) is 10.5 Å². The number of nitrogens with one attached hydrogen (secondary N) is 1. The Bertz CT molecular complexity index is 358. The number of urea groups is 1. The highest BCUT2D eigenvalue weighted by Gasteiger charge is 2.09. The molecule has 0 aliphatic heterocycles. The van der Waals surface area contributed by atoms with Gasteiger partial charge in [-0.1, -0.05) is 12.1 Å². The number of likely N-dealkylation sites (N-methyl/N-ethyl adjacent to an activating group) is 1. The zero-order valence-corrected chi connectivity index (χ0v) is 11.5. The molecule has 1 rings (SSSR count). The monoisotopic (exact) mass is 334 g/mol. The molecule has 2 amide bonds. The first-order chi connectivity index (χ1) is 7.65. The number of anilines is 1. The molecule has 0 fully saturated rings. The molecular weight excluding hydrogens is 319 g/mol. The minimum absolute atomic E-state index is 0.124. The molecule has 0 spiro atoms. The van der Waals surface area contributed by atoms with Gasteiger partial charge in [0.2, 0.25) is 0 Å². The zero-order valence-electron chi connectivity index (χ0n) is 9.37. The molecule has 1 N–H and O–H groups in total. The topological polar surface area (TPSA) is 41.6 Å². The van der Waals surface area contributed by atoms with Crippen LogP contribution >= 0.6 is 22.6 Å². The molecule has 0 aliphatic carbocycles. The first-order valence-corrected chi connectivity index (χ1v) is 5.98. The van der Waals surface area contributed by atoms with Gasteiger partial charge in [0.05, 0.1) is 12.3 Å². The average Bonchev–Trinajstić information content (AvgIpc) is 2.28. The second kappa shape index (κ2) is 6.70. The quantitative estimate of drug-likeness (QED) is 0.859. The summed E-state index contributed by atoms with van der Waals surface area (Å²) in [5, 5.41) is 2.84. The van der Waals surface area contributed by atoms with Gasteiger partial charge in [-0.15, -0.1) is 0 Å². The number of nitrogens with zero attached hydrogens (tertiary/aromatic N) is 1. The third kappa shape index (κ3) is 3.97. The zero-order chi connectivity index (χ0) is 12.0. The van der Waals surface area contributed by atoms with Crippen LogP contribution in [0.5, 0.6) is 0 Å². The number of hydrogen-bond acceptors (Lipinski definition) is 2. The van der Waals surface area contributed by atoms with E-state index in [-0.39, 0.29) is 6.03 Å². The molecule has 5 heteroatoms. The van der Waals surface area contributed by atoms with E-state index in [1.54, 1.807) is 19.1 Å².